The van der Waals surface area contributed by atoms with Crippen molar-refractivity contribution in [3.8, 4) is 0 Å². The van der Waals surface area contributed by atoms with Gasteiger partial charge in [-0.05, 0) is 65.0 Å². The molecule has 1 saturated carbocycles. The third-order valence-electron chi connectivity index (χ3n) is 3.50. The quantitative estimate of drug-likeness (QED) is 0.814. The number of rotatable bonds is 2. The monoisotopic (exact) mass is 288 g/mol. The van der Waals surface area contributed by atoms with Crippen LogP contribution in [0, 0.1) is 11.8 Å². The number of aromatic nitrogens is 2. The first-order chi connectivity index (χ1) is 7.16. The lowest BCUT2D eigenvalue weighted by atomic mass is 9.77. The molecule has 1 heterocycles. The molecule has 0 unspecified atom stereocenters. The third kappa shape index (κ3) is 2.78. The number of hydrogen-bond acceptors (Lipinski definition) is 3. The van der Waals surface area contributed by atoms with Crippen LogP contribution < -0.4 is 0 Å². The molecule has 0 atom stereocenters. The van der Waals surface area contributed by atoms with Crippen molar-refractivity contribution in [2.45, 2.75) is 45.4 Å². The van der Waals surface area contributed by atoms with E-state index >= 15 is 0 Å². The second-order valence-electron chi connectivity index (χ2n) is 4.76. The summed E-state index contributed by atoms with van der Waals surface area (Å²) in [6.07, 6.45) is 5.23. The highest BCUT2D eigenvalue weighted by molar-refractivity contribution is 9.11. The van der Waals surface area contributed by atoms with E-state index in [1.807, 2.05) is 0 Å². The summed E-state index contributed by atoms with van der Waals surface area (Å²) in [6.45, 7) is 4.67. The normalized spacial score (nSPS) is 27.2. The van der Waals surface area contributed by atoms with Gasteiger partial charge in [-0.25, -0.2) is 4.98 Å². The average Bonchev–Trinajstić information content (AvgIpc) is 2.65. The molecular formula is C11H17BrN2S. The van der Waals surface area contributed by atoms with Crippen LogP contribution in [0.15, 0.2) is 3.92 Å². The molecule has 1 aliphatic rings. The molecule has 0 aromatic carbocycles. The molecule has 0 N–H and O–H groups in total. The van der Waals surface area contributed by atoms with Crippen molar-refractivity contribution in [3.63, 3.8) is 0 Å². The van der Waals surface area contributed by atoms with Crippen LogP contribution in [0.25, 0.3) is 0 Å². The van der Waals surface area contributed by atoms with Crippen LogP contribution in [-0.4, -0.2) is 9.36 Å². The predicted molar refractivity (Wildman–Crippen MR) is 67.1 cm³/mol. The van der Waals surface area contributed by atoms with Gasteiger partial charge in [-0.2, -0.15) is 4.37 Å². The van der Waals surface area contributed by atoms with Gasteiger partial charge >= 0.3 is 0 Å². The number of hydrogen-bond donors (Lipinski definition) is 0. The Balaban J connectivity index is 1.93. The Morgan fingerprint density at radius 2 is 1.93 bits per heavy atom. The molecule has 0 spiro atoms. The molecule has 2 nitrogen and oxygen atoms in total. The fourth-order valence-corrected chi connectivity index (χ4v) is 3.32. The summed E-state index contributed by atoms with van der Waals surface area (Å²) < 4.78 is 5.31. The Morgan fingerprint density at radius 3 is 2.40 bits per heavy atom. The molecule has 4 heteroatoms. The predicted octanol–water partition coefficient (Wildman–Crippen LogP) is 4.23. The standard InChI is InChI=1S/C11H17BrN2S/c1-7(2)8-3-5-9(6-4-8)10-13-11(12)15-14-10/h7-9H,3-6H2,1-2H3. The fraction of sp³-hybridized carbons (Fsp3) is 0.818. The van der Waals surface area contributed by atoms with Crippen molar-refractivity contribution in [2.24, 2.45) is 11.8 Å². The lowest BCUT2D eigenvalue weighted by Gasteiger charge is -2.29. The highest BCUT2D eigenvalue weighted by Gasteiger charge is 2.26. The Morgan fingerprint density at radius 1 is 1.27 bits per heavy atom. The molecular weight excluding hydrogens is 272 g/mol. The molecule has 1 aromatic heterocycles. The second kappa shape index (κ2) is 4.91. The maximum Gasteiger partial charge on any atom is 0.179 e. The summed E-state index contributed by atoms with van der Waals surface area (Å²) in [7, 11) is 0. The van der Waals surface area contributed by atoms with E-state index in [0.29, 0.717) is 5.92 Å². The van der Waals surface area contributed by atoms with E-state index in [1.165, 1.54) is 37.2 Å². The van der Waals surface area contributed by atoms with Gasteiger partial charge in [-0.15, -0.1) is 0 Å². The Kier molecular flexibility index (Phi) is 3.78. The van der Waals surface area contributed by atoms with Crippen LogP contribution in [0.3, 0.4) is 0 Å². The Hall–Kier alpha value is 0.0400. The Labute approximate surface area is 104 Å². The zero-order valence-corrected chi connectivity index (χ0v) is 11.6. The Bertz CT molecular complexity index is 316. The third-order valence-corrected chi connectivity index (χ3v) is 4.63. The zero-order chi connectivity index (χ0) is 10.8. The second-order valence-corrected chi connectivity index (χ2v) is 6.79. The van der Waals surface area contributed by atoms with Gasteiger partial charge in [-0.1, -0.05) is 13.8 Å². The SMILES string of the molecule is CC(C)C1CCC(c2nsc(Br)n2)CC1. The number of halogens is 1. The molecule has 84 valence electrons. The zero-order valence-electron chi connectivity index (χ0n) is 9.24. The van der Waals surface area contributed by atoms with Crippen molar-refractivity contribution >= 4 is 27.5 Å². The summed E-state index contributed by atoms with van der Waals surface area (Å²) >= 11 is 4.84. The topological polar surface area (TPSA) is 25.8 Å². The van der Waals surface area contributed by atoms with Crippen molar-refractivity contribution < 1.29 is 0 Å². The number of nitrogens with zero attached hydrogens (tertiary/aromatic N) is 2. The molecule has 2 rings (SSSR count). The highest BCUT2D eigenvalue weighted by Crippen LogP contribution is 2.38. The largest absolute Gasteiger partial charge is 0.212 e. The van der Waals surface area contributed by atoms with Crippen LogP contribution in [0.5, 0.6) is 0 Å². The van der Waals surface area contributed by atoms with E-state index in [9.17, 15) is 0 Å². The first-order valence-corrected chi connectivity index (χ1v) is 7.22. The minimum atomic E-state index is 0.613. The lowest BCUT2D eigenvalue weighted by molar-refractivity contribution is 0.255. The molecule has 1 aliphatic carbocycles. The van der Waals surface area contributed by atoms with Crippen LogP contribution in [-0.2, 0) is 0 Å². The molecule has 1 fully saturated rings. The van der Waals surface area contributed by atoms with E-state index in [0.717, 1.165) is 21.6 Å². The van der Waals surface area contributed by atoms with E-state index in [-0.39, 0.29) is 0 Å². The molecule has 15 heavy (non-hydrogen) atoms. The summed E-state index contributed by atoms with van der Waals surface area (Å²) in [5, 5.41) is 0. The molecule has 1 aromatic rings. The van der Waals surface area contributed by atoms with Gasteiger partial charge in [0.2, 0.25) is 0 Å². The summed E-state index contributed by atoms with van der Waals surface area (Å²) in [4.78, 5) is 4.43. The van der Waals surface area contributed by atoms with E-state index in [2.05, 4.69) is 39.1 Å². The average molecular weight is 289 g/mol. The first-order valence-electron chi connectivity index (χ1n) is 5.66. The molecule has 0 aliphatic heterocycles. The summed E-state index contributed by atoms with van der Waals surface area (Å²) in [5.41, 5.74) is 0. The van der Waals surface area contributed by atoms with E-state index in [4.69, 9.17) is 0 Å². The smallest absolute Gasteiger partial charge is 0.179 e. The summed E-state index contributed by atoms with van der Waals surface area (Å²) in [5.74, 6) is 3.43. The first kappa shape index (κ1) is 11.5. The van der Waals surface area contributed by atoms with Crippen molar-refractivity contribution in [1.82, 2.24) is 9.36 Å². The molecule has 0 amide bonds. The van der Waals surface area contributed by atoms with Gasteiger partial charge in [0.15, 0.2) is 3.92 Å². The van der Waals surface area contributed by atoms with Gasteiger partial charge in [0.1, 0.15) is 5.82 Å². The van der Waals surface area contributed by atoms with Crippen LogP contribution in [0.2, 0.25) is 0 Å². The minimum absolute atomic E-state index is 0.613. The van der Waals surface area contributed by atoms with Gasteiger partial charge in [-0.3, -0.25) is 0 Å². The molecule has 0 saturated heterocycles. The van der Waals surface area contributed by atoms with Crippen LogP contribution in [0.4, 0.5) is 0 Å². The molecule has 0 bridgehead atoms. The van der Waals surface area contributed by atoms with Crippen molar-refractivity contribution in [1.29, 1.82) is 0 Å². The van der Waals surface area contributed by atoms with Crippen LogP contribution in [0.1, 0.15) is 51.3 Å². The maximum absolute atomic E-state index is 4.43. The molecule has 0 radical (unpaired) electrons. The summed E-state index contributed by atoms with van der Waals surface area (Å²) in [6, 6.07) is 0. The van der Waals surface area contributed by atoms with E-state index < -0.39 is 0 Å². The van der Waals surface area contributed by atoms with Gasteiger partial charge in [0, 0.05) is 5.92 Å². The van der Waals surface area contributed by atoms with Crippen molar-refractivity contribution in [3.05, 3.63) is 9.74 Å². The lowest BCUT2D eigenvalue weighted by Crippen LogP contribution is -2.18. The van der Waals surface area contributed by atoms with Gasteiger partial charge in [0.25, 0.3) is 0 Å². The van der Waals surface area contributed by atoms with Gasteiger partial charge in [0.05, 0.1) is 0 Å². The minimum Gasteiger partial charge on any atom is -0.212 e. The van der Waals surface area contributed by atoms with Crippen LogP contribution >= 0.6 is 27.5 Å². The van der Waals surface area contributed by atoms with Gasteiger partial charge < -0.3 is 0 Å². The highest BCUT2D eigenvalue weighted by atomic mass is 79.9. The fourth-order valence-electron chi connectivity index (χ4n) is 2.43. The van der Waals surface area contributed by atoms with E-state index in [1.54, 1.807) is 0 Å². The van der Waals surface area contributed by atoms with Crippen molar-refractivity contribution in [2.75, 3.05) is 0 Å². The maximum atomic E-state index is 4.43.